The van der Waals surface area contributed by atoms with Gasteiger partial charge in [0.2, 0.25) is 3.79 Å². The summed E-state index contributed by atoms with van der Waals surface area (Å²) >= 11 is 16.3. The minimum Gasteiger partial charge on any atom is -0.460 e. The smallest absolute Gasteiger partial charge is 0.323 e. The van der Waals surface area contributed by atoms with Crippen LogP contribution in [0.15, 0.2) is 0 Å². The fraction of sp³-hybridized carbons (Fsp3) is 0.857. The first kappa shape index (κ1) is 14.6. The predicted octanol–water partition coefficient (Wildman–Crippen LogP) is 2.07. The van der Waals surface area contributed by atoms with Gasteiger partial charge in [0, 0.05) is 0 Å². The molecule has 0 unspecified atom stereocenters. The van der Waals surface area contributed by atoms with Crippen molar-refractivity contribution in [1.82, 2.24) is 5.32 Å². The maximum atomic E-state index is 11.2. The number of halogens is 4. The highest BCUT2D eigenvalue weighted by molar-refractivity contribution is 6.67. The Hall–Kier alpha value is 0.590. The van der Waals surface area contributed by atoms with E-state index in [0.717, 1.165) is 19.4 Å². The van der Waals surface area contributed by atoms with Crippen LogP contribution in [0.2, 0.25) is 0 Å². The lowest BCUT2D eigenvalue weighted by atomic mass is 10.2. The van der Waals surface area contributed by atoms with E-state index in [1.807, 2.05) is 0 Å². The van der Waals surface area contributed by atoms with E-state index in [1.54, 1.807) is 0 Å². The summed E-state index contributed by atoms with van der Waals surface area (Å²) in [5.74, 6) is -0.344. The van der Waals surface area contributed by atoms with E-state index in [4.69, 9.17) is 39.5 Å². The van der Waals surface area contributed by atoms with Crippen molar-refractivity contribution in [3.63, 3.8) is 0 Å². The lowest BCUT2D eigenvalue weighted by Gasteiger charge is -2.14. The van der Waals surface area contributed by atoms with Gasteiger partial charge in [-0.1, -0.05) is 34.8 Å². The Bertz CT molecular complexity index is 189. The molecule has 1 aliphatic rings. The Labute approximate surface area is 104 Å². The van der Waals surface area contributed by atoms with Crippen molar-refractivity contribution in [2.75, 3.05) is 13.2 Å². The summed E-state index contributed by atoms with van der Waals surface area (Å²) < 4.78 is 3.27. The summed E-state index contributed by atoms with van der Waals surface area (Å²) in [4.78, 5) is 11.2. The van der Waals surface area contributed by atoms with E-state index in [2.05, 4.69) is 5.32 Å². The van der Waals surface area contributed by atoms with Gasteiger partial charge in [0.05, 0.1) is 0 Å². The van der Waals surface area contributed by atoms with Crippen LogP contribution in [0.3, 0.4) is 0 Å². The van der Waals surface area contributed by atoms with E-state index in [9.17, 15) is 4.79 Å². The molecule has 0 spiro atoms. The fourth-order valence-corrected chi connectivity index (χ4v) is 1.30. The van der Waals surface area contributed by atoms with E-state index < -0.39 is 3.79 Å². The standard InChI is InChI=1S/C7H10Cl3NO2.ClH/c8-7(9,10)4-13-6(12)5-2-1-3-11-5;/h5,11H,1-4H2;1H/t5-;/m0./s1. The SMILES string of the molecule is Cl.O=C(OCC(Cl)(Cl)Cl)[C@@H]1CCCN1. The zero-order chi connectivity index (χ0) is 9.90. The van der Waals surface area contributed by atoms with Crippen molar-refractivity contribution in [2.24, 2.45) is 0 Å². The molecule has 3 nitrogen and oxygen atoms in total. The van der Waals surface area contributed by atoms with E-state index in [1.165, 1.54) is 0 Å². The summed E-state index contributed by atoms with van der Waals surface area (Å²) in [6, 6.07) is -0.229. The minimum atomic E-state index is -1.52. The van der Waals surface area contributed by atoms with Gasteiger partial charge in [-0.3, -0.25) is 4.79 Å². The third-order valence-corrected chi connectivity index (χ3v) is 2.05. The number of rotatable bonds is 2. The average molecular weight is 283 g/mol. The zero-order valence-corrected chi connectivity index (χ0v) is 10.3. The predicted molar refractivity (Wildman–Crippen MR) is 59.5 cm³/mol. The molecule has 0 radical (unpaired) electrons. The molecule has 0 aromatic carbocycles. The topological polar surface area (TPSA) is 38.3 Å². The quantitative estimate of drug-likeness (QED) is 0.623. The molecule has 1 rings (SSSR count). The highest BCUT2D eigenvalue weighted by atomic mass is 35.6. The Morgan fingerprint density at radius 3 is 2.57 bits per heavy atom. The first-order valence-electron chi connectivity index (χ1n) is 3.96. The molecule has 1 saturated heterocycles. The summed E-state index contributed by atoms with van der Waals surface area (Å²) in [5.41, 5.74) is 0. The molecule has 1 aliphatic heterocycles. The average Bonchev–Trinajstić information content (AvgIpc) is 2.50. The van der Waals surface area contributed by atoms with Crippen LogP contribution in [0.25, 0.3) is 0 Å². The molecule has 1 N–H and O–H groups in total. The summed E-state index contributed by atoms with van der Waals surface area (Å²) in [5, 5.41) is 2.99. The fourth-order valence-electron chi connectivity index (χ4n) is 1.14. The van der Waals surface area contributed by atoms with Crippen LogP contribution in [0, 0.1) is 0 Å². The molecule has 1 heterocycles. The second-order valence-corrected chi connectivity index (χ2v) is 5.39. The van der Waals surface area contributed by atoms with Gasteiger partial charge in [-0.25, -0.2) is 0 Å². The van der Waals surface area contributed by atoms with Crippen LogP contribution < -0.4 is 5.32 Å². The van der Waals surface area contributed by atoms with Gasteiger partial charge in [0.25, 0.3) is 0 Å². The van der Waals surface area contributed by atoms with Gasteiger partial charge in [0.15, 0.2) is 0 Å². The van der Waals surface area contributed by atoms with Gasteiger partial charge < -0.3 is 10.1 Å². The first-order valence-corrected chi connectivity index (χ1v) is 5.09. The Kier molecular flexibility index (Phi) is 6.50. The van der Waals surface area contributed by atoms with Gasteiger partial charge in [-0.15, -0.1) is 12.4 Å². The molecule has 0 aromatic heterocycles. The molecule has 0 aromatic rings. The van der Waals surface area contributed by atoms with Gasteiger partial charge in [-0.05, 0) is 19.4 Å². The monoisotopic (exact) mass is 281 g/mol. The van der Waals surface area contributed by atoms with E-state index in [0.29, 0.717) is 0 Å². The minimum absolute atomic E-state index is 0. The Balaban J connectivity index is 0.00000169. The molecule has 0 amide bonds. The lowest BCUT2D eigenvalue weighted by molar-refractivity contribution is -0.145. The molecular formula is C7H11Cl4NO2. The van der Waals surface area contributed by atoms with Gasteiger partial charge in [-0.2, -0.15) is 0 Å². The van der Waals surface area contributed by atoms with Gasteiger partial charge >= 0.3 is 5.97 Å². The maximum absolute atomic E-state index is 11.2. The molecular weight excluding hydrogens is 272 g/mol. The molecule has 0 saturated carbocycles. The largest absolute Gasteiger partial charge is 0.460 e. The number of alkyl halides is 3. The molecule has 0 bridgehead atoms. The number of hydrogen-bond acceptors (Lipinski definition) is 3. The van der Waals surface area contributed by atoms with Crippen molar-refractivity contribution in [3.8, 4) is 0 Å². The number of carbonyl (C=O) groups is 1. The first-order chi connectivity index (χ1) is 5.99. The second kappa shape index (κ2) is 6.23. The zero-order valence-electron chi connectivity index (χ0n) is 7.26. The maximum Gasteiger partial charge on any atom is 0.323 e. The second-order valence-electron chi connectivity index (χ2n) is 2.87. The van der Waals surface area contributed by atoms with Crippen molar-refractivity contribution in [3.05, 3.63) is 0 Å². The van der Waals surface area contributed by atoms with Crippen LogP contribution in [-0.2, 0) is 9.53 Å². The third kappa shape index (κ3) is 5.47. The van der Waals surface area contributed by atoms with E-state index in [-0.39, 0.29) is 31.0 Å². The van der Waals surface area contributed by atoms with Crippen LogP contribution in [-0.4, -0.2) is 29.0 Å². The molecule has 14 heavy (non-hydrogen) atoms. The Morgan fingerprint density at radius 1 is 1.50 bits per heavy atom. The summed E-state index contributed by atoms with van der Waals surface area (Å²) in [6.45, 7) is 0.641. The third-order valence-electron chi connectivity index (χ3n) is 1.72. The molecule has 7 heteroatoms. The van der Waals surface area contributed by atoms with Crippen LogP contribution in [0.5, 0.6) is 0 Å². The lowest BCUT2D eigenvalue weighted by Crippen LogP contribution is -2.34. The summed E-state index contributed by atoms with van der Waals surface area (Å²) in [6.07, 6.45) is 1.77. The van der Waals surface area contributed by atoms with Crippen molar-refractivity contribution >= 4 is 53.2 Å². The molecule has 84 valence electrons. The summed E-state index contributed by atoms with van der Waals surface area (Å²) in [7, 11) is 0. The number of hydrogen-bond donors (Lipinski definition) is 1. The van der Waals surface area contributed by atoms with Crippen molar-refractivity contribution < 1.29 is 9.53 Å². The van der Waals surface area contributed by atoms with Crippen molar-refractivity contribution in [2.45, 2.75) is 22.7 Å². The van der Waals surface area contributed by atoms with Crippen LogP contribution >= 0.6 is 47.2 Å². The number of carbonyl (C=O) groups excluding carboxylic acids is 1. The highest BCUT2D eigenvalue weighted by Crippen LogP contribution is 2.26. The van der Waals surface area contributed by atoms with Crippen LogP contribution in [0.1, 0.15) is 12.8 Å². The number of ether oxygens (including phenoxy) is 1. The van der Waals surface area contributed by atoms with Crippen LogP contribution in [0.4, 0.5) is 0 Å². The number of esters is 1. The normalized spacial score (nSPS) is 21.5. The number of nitrogens with one attached hydrogen (secondary N) is 1. The molecule has 1 atom stereocenters. The molecule has 0 aliphatic carbocycles. The van der Waals surface area contributed by atoms with Gasteiger partial charge in [0.1, 0.15) is 12.6 Å². The Morgan fingerprint density at radius 2 is 2.14 bits per heavy atom. The molecule has 1 fully saturated rings. The van der Waals surface area contributed by atoms with E-state index >= 15 is 0 Å². The highest BCUT2D eigenvalue weighted by Gasteiger charge is 2.27. The van der Waals surface area contributed by atoms with Crippen molar-refractivity contribution in [1.29, 1.82) is 0 Å².